The maximum Gasteiger partial charge on any atom is 0.167 e. The van der Waals surface area contributed by atoms with Gasteiger partial charge in [-0.25, -0.2) is 14.4 Å². The number of anilines is 2. The van der Waals surface area contributed by atoms with Gasteiger partial charge in [-0.05, 0) is 19.1 Å². The van der Waals surface area contributed by atoms with Crippen molar-refractivity contribution < 1.29 is 9.13 Å². The molecule has 21 heavy (non-hydrogen) atoms. The fourth-order valence-corrected chi connectivity index (χ4v) is 1.95. The maximum absolute atomic E-state index is 13.8. The van der Waals surface area contributed by atoms with E-state index in [0.717, 1.165) is 0 Å². The van der Waals surface area contributed by atoms with Gasteiger partial charge in [-0.1, -0.05) is 25.4 Å². The largest absolute Gasteiger partial charge is 0.491 e. The van der Waals surface area contributed by atoms with Crippen LogP contribution in [0, 0.1) is 5.82 Å². The predicted octanol–water partition coefficient (Wildman–Crippen LogP) is 4.53. The van der Waals surface area contributed by atoms with Crippen LogP contribution in [0.4, 0.5) is 15.9 Å². The van der Waals surface area contributed by atoms with Gasteiger partial charge in [-0.2, -0.15) is 0 Å². The maximum atomic E-state index is 13.8. The molecule has 112 valence electrons. The van der Waals surface area contributed by atoms with Crippen molar-refractivity contribution in [3.05, 3.63) is 41.1 Å². The van der Waals surface area contributed by atoms with Crippen LogP contribution in [0.2, 0.25) is 5.15 Å². The second-order valence-corrected chi connectivity index (χ2v) is 5.18. The summed E-state index contributed by atoms with van der Waals surface area (Å²) in [6.07, 6.45) is 0. The van der Waals surface area contributed by atoms with Crippen molar-refractivity contribution >= 4 is 23.1 Å². The average Bonchev–Trinajstić information content (AvgIpc) is 2.41. The summed E-state index contributed by atoms with van der Waals surface area (Å²) in [6, 6.07) is 6.25. The summed E-state index contributed by atoms with van der Waals surface area (Å²) in [5.74, 6) is 1.12. The summed E-state index contributed by atoms with van der Waals surface area (Å²) in [7, 11) is 0. The smallest absolute Gasteiger partial charge is 0.167 e. The number of aromatic nitrogens is 2. The first-order chi connectivity index (χ1) is 9.99. The molecule has 1 N–H and O–H groups in total. The first-order valence-electron chi connectivity index (χ1n) is 6.73. The second kappa shape index (κ2) is 6.72. The van der Waals surface area contributed by atoms with E-state index in [2.05, 4.69) is 15.3 Å². The lowest BCUT2D eigenvalue weighted by atomic mass is 10.2. The molecular weight excluding hydrogens is 293 g/mol. The SMILES string of the molecule is CCOc1ccc(Nc2cc(Cl)nc(C(C)C)n2)cc1F. The highest BCUT2D eigenvalue weighted by molar-refractivity contribution is 6.29. The van der Waals surface area contributed by atoms with Crippen molar-refractivity contribution in [2.75, 3.05) is 11.9 Å². The predicted molar refractivity (Wildman–Crippen MR) is 82.0 cm³/mol. The summed E-state index contributed by atoms with van der Waals surface area (Å²) in [4.78, 5) is 8.51. The summed E-state index contributed by atoms with van der Waals surface area (Å²) < 4.78 is 19.0. The van der Waals surface area contributed by atoms with Gasteiger partial charge in [0.05, 0.1) is 6.61 Å². The minimum atomic E-state index is -0.425. The van der Waals surface area contributed by atoms with E-state index in [1.165, 1.54) is 6.07 Å². The molecule has 0 aliphatic heterocycles. The Morgan fingerprint density at radius 2 is 2.05 bits per heavy atom. The molecule has 6 heteroatoms. The summed E-state index contributed by atoms with van der Waals surface area (Å²) in [6.45, 7) is 6.18. The minimum absolute atomic E-state index is 0.154. The van der Waals surface area contributed by atoms with Crippen LogP contribution in [0.15, 0.2) is 24.3 Å². The van der Waals surface area contributed by atoms with Gasteiger partial charge in [-0.3, -0.25) is 0 Å². The van der Waals surface area contributed by atoms with Gasteiger partial charge in [0.15, 0.2) is 11.6 Å². The quantitative estimate of drug-likeness (QED) is 0.824. The monoisotopic (exact) mass is 309 g/mol. The third kappa shape index (κ3) is 4.04. The van der Waals surface area contributed by atoms with Crippen LogP contribution in [0.3, 0.4) is 0 Å². The van der Waals surface area contributed by atoms with Crippen molar-refractivity contribution in [2.45, 2.75) is 26.7 Å². The van der Waals surface area contributed by atoms with E-state index in [1.54, 1.807) is 18.2 Å². The van der Waals surface area contributed by atoms with E-state index >= 15 is 0 Å². The molecule has 0 aliphatic rings. The highest BCUT2D eigenvalue weighted by atomic mass is 35.5. The third-order valence-electron chi connectivity index (χ3n) is 2.73. The molecular formula is C15H17ClFN3O. The molecule has 4 nitrogen and oxygen atoms in total. The number of nitrogens with one attached hydrogen (secondary N) is 1. The van der Waals surface area contributed by atoms with E-state index < -0.39 is 5.82 Å². The Morgan fingerprint density at radius 1 is 1.29 bits per heavy atom. The first kappa shape index (κ1) is 15.5. The lowest BCUT2D eigenvalue weighted by Gasteiger charge is -2.11. The molecule has 0 unspecified atom stereocenters. The van der Waals surface area contributed by atoms with Gasteiger partial charge < -0.3 is 10.1 Å². The normalized spacial score (nSPS) is 10.8. The van der Waals surface area contributed by atoms with Crippen molar-refractivity contribution in [1.29, 1.82) is 0 Å². The zero-order valence-corrected chi connectivity index (χ0v) is 12.9. The lowest BCUT2D eigenvalue weighted by Crippen LogP contribution is -2.02. The molecule has 0 saturated carbocycles. The van der Waals surface area contributed by atoms with E-state index in [4.69, 9.17) is 16.3 Å². The Labute approximate surface area is 128 Å². The van der Waals surface area contributed by atoms with Crippen LogP contribution in [-0.2, 0) is 0 Å². The van der Waals surface area contributed by atoms with Crippen LogP contribution >= 0.6 is 11.6 Å². The number of halogens is 2. The fraction of sp³-hybridized carbons (Fsp3) is 0.333. The van der Waals surface area contributed by atoms with Gasteiger partial charge >= 0.3 is 0 Å². The first-order valence-corrected chi connectivity index (χ1v) is 7.11. The standard InChI is InChI=1S/C15H17ClFN3O/c1-4-21-12-6-5-10(7-11(12)17)18-14-8-13(16)19-15(20-14)9(2)3/h5-9H,4H2,1-3H3,(H,18,19,20). The molecule has 0 saturated heterocycles. The van der Waals surface area contributed by atoms with Gasteiger partial charge in [0.25, 0.3) is 0 Å². The van der Waals surface area contributed by atoms with Crippen molar-refractivity contribution in [3.63, 3.8) is 0 Å². The molecule has 0 atom stereocenters. The van der Waals surface area contributed by atoms with Crippen LogP contribution in [0.5, 0.6) is 5.75 Å². The number of hydrogen-bond acceptors (Lipinski definition) is 4. The van der Waals surface area contributed by atoms with Crippen LogP contribution < -0.4 is 10.1 Å². The van der Waals surface area contributed by atoms with E-state index in [-0.39, 0.29) is 11.7 Å². The molecule has 0 aliphatic carbocycles. The van der Waals surface area contributed by atoms with Gasteiger partial charge in [-0.15, -0.1) is 0 Å². The van der Waals surface area contributed by atoms with Crippen molar-refractivity contribution in [2.24, 2.45) is 0 Å². The molecule has 0 amide bonds. The summed E-state index contributed by atoms with van der Waals surface area (Å²) in [5, 5.41) is 3.37. The van der Waals surface area contributed by atoms with Gasteiger partial charge in [0.1, 0.15) is 16.8 Å². The Hall–Kier alpha value is -1.88. The molecule has 0 bridgehead atoms. The molecule has 2 rings (SSSR count). The summed E-state index contributed by atoms with van der Waals surface area (Å²) in [5.41, 5.74) is 0.570. The molecule has 1 aromatic carbocycles. The van der Waals surface area contributed by atoms with Gasteiger partial charge in [0, 0.05) is 23.7 Å². The van der Waals surface area contributed by atoms with E-state index in [9.17, 15) is 4.39 Å². The highest BCUT2D eigenvalue weighted by Crippen LogP contribution is 2.24. The Balaban J connectivity index is 2.24. The third-order valence-corrected chi connectivity index (χ3v) is 2.93. The van der Waals surface area contributed by atoms with E-state index in [0.29, 0.717) is 29.1 Å². The number of nitrogens with zero attached hydrogens (tertiary/aromatic N) is 2. The number of hydrogen-bond donors (Lipinski definition) is 1. The molecule has 1 aromatic heterocycles. The van der Waals surface area contributed by atoms with Crippen LogP contribution in [0.25, 0.3) is 0 Å². The van der Waals surface area contributed by atoms with Crippen LogP contribution in [-0.4, -0.2) is 16.6 Å². The highest BCUT2D eigenvalue weighted by Gasteiger charge is 2.09. The van der Waals surface area contributed by atoms with Crippen molar-refractivity contribution in [3.8, 4) is 5.75 Å². The topological polar surface area (TPSA) is 47.0 Å². The van der Waals surface area contributed by atoms with Crippen LogP contribution in [0.1, 0.15) is 32.5 Å². The Morgan fingerprint density at radius 3 is 2.67 bits per heavy atom. The molecule has 0 radical (unpaired) electrons. The average molecular weight is 310 g/mol. The van der Waals surface area contributed by atoms with E-state index in [1.807, 2.05) is 20.8 Å². The molecule has 1 heterocycles. The molecule has 0 fully saturated rings. The zero-order valence-electron chi connectivity index (χ0n) is 12.2. The fourth-order valence-electron chi connectivity index (χ4n) is 1.76. The van der Waals surface area contributed by atoms with Crippen molar-refractivity contribution in [1.82, 2.24) is 9.97 Å². The summed E-state index contributed by atoms with van der Waals surface area (Å²) >= 11 is 5.97. The number of rotatable bonds is 5. The van der Waals surface area contributed by atoms with Gasteiger partial charge in [0.2, 0.25) is 0 Å². The number of benzene rings is 1. The zero-order chi connectivity index (χ0) is 15.4. The Kier molecular flexibility index (Phi) is 4.96. The minimum Gasteiger partial charge on any atom is -0.491 e. The Bertz CT molecular complexity index is 634. The second-order valence-electron chi connectivity index (χ2n) is 4.79. The molecule has 0 spiro atoms. The molecule has 2 aromatic rings. The lowest BCUT2D eigenvalue weighted by molar-refractivity contribution is 0.321. The number of ether oxygens (including phenoxy) is 1.